The lowest BCUT2D eigenvalue weighted by molar-refractivity contribution is 0.00733. The Balaban J connectivity index is 2.30. The first-order chi connectivity index (χ1) is 7.13. The maximum atomic E-state index is 10.4. The van der Waals surface area contributed by atoms with Crippen LogP contribution in [0.4, 0.5) is 0 Å². The fraction of sp³-hybridized carbons (Fsp3) is 1.00. The molecule has 1 saturated heterocycles. The molecule has 0 spiro atoms. The molecule has 90 valence electrons. The highest BCUT2D eigenvalue weighted by Crippen LogP contribution is 2.06. The average molecular weight is 238 g/mol. The summed E-state index contributed by atoms with van der Waals surface area (Å²) < 4.78 is 25.4. The van der Waals surface area contributed by atoms with Crippen molar-refractivity contribution in [2.24, 2.45) is 0 Å². The summed E-state index contributed by atoms with van der Waals surface area (Å²) in [5.41, 5.74) is 0. The maximum absolute atomic E-state index is 10.4. The molecule has 0 aromatic rings. The molecule has 0 amide bonds. The summed E-state index contributed by atoms with van der Waals surface area (Å²) in [5, 5.41) is 8.75. The van der Waals surface area contributed by atoms with Gasteiger partial charge in [-0.2, -0.15) is 0 Å². The van der Waals surface area contributed by atoms with Crippen molar-refractivity contribution in [3.63, 3.8) is 0 Å². The van der Waals surface area contributed by atoms with Gasteiger partial charge in [0.05, 0.1) is 6.61 Å². The van der Waals surface area contributed by atoms with E-state index in [1.165, 1.54) is 0 Å². The number of β-amino-alcohol motifs (C(OH)–C–C–N with tert-alkyl or cyclic N) is 1. The summed E-state index contributed by atoms with van der Waals surface area (Å²) in [4.78, 5) is 4.11. The molecule has 1 rings (SSSR count). The lowest BCUT2D eigenvalue weighted by Gasteiger charge is -2.36. The Morgan fingerprint density at radius 2 is 1.93 bits per heavy atom. The second-order valence-electron chi connectivity index (χ2n) is 3.53. The smallest absolute Gasteiger partial charge is 0.258 e. The summed E-state index contributed by atoms with van der Waals surface area (Å²) in [5.74, 6) is 0. The molecule has 1 fully saturated rings. The minimum Gasteiger partial charge on any atom is -0.395 e. The van der Waals surface area contributed by atoms with Crippen molar-refractivity contribution in [1.29, 1.82) is 0 Å². The Hall–Kier alpha value is -0.210. The molecule has 15 heavy (non-hydrogen) atoms. The Bertz CT molecular complexity index is 243. The third kappa shape index (κ3) is 4.43. The number of hydrogen-bond acceptors (Lipinski definition) is 6. The predicted molar refractivity (Wildman–Crippen MR) is 56.0 cm³/mol. The Morgan fingerprint density at radius 1 is 1.33 bits per heavy atom. The van der Waals surface area contributed by atoms with E-state index in [1.54, 1.807) is 6.92 Å². The number of rotatable bonds is 5. The van der Waals surface area contributed by atoms with Gasteiger partial charge in [0.2, 0.25) is 0 Å². The number of nitrogens with zero attached hydrogens (tertiary/aromatic N) is 2. The molecule has 1 heterocycles. The first-order valence-electron chi connectivity index (χ1n) is 5.02. The molecule has 1 N–H and O–H groups in total. The van der Waals surface area contributed by atoms with Gasteiger partial charge in [0.15, 0.2) is 0 Å². The molecule has 1 aliphatic rings. The van der Waals surface area contributed by atoms with E-state index in [4.69, 9.17) is 9.29 Å². The van der Waals surface area contributed by atoms with Gasteiger partial charge in [-0.3, -0.25) is 14.0 Å². The van der Waals surface area contributed by atoms with Gasteiger partial charge < -0.3 is 5.11 Å². The topological polar surface area (TPSA) is 70.1 Å². The van der Waals surface area contributed by atoms with Crippen LogP contribution in [0.1, 0.15) is 6.92 Å². The quantitative estimate of drug-likeness (QED) is 0.567. The van der Waals surface area contributed by atoms with Gasteiger partial charge in [-0.15, -0.1) is 0 Å². The van der Waals surface area contributed by atoms with Crippen LogP contribution in [0.15, 0.2) is 0 Å². The molecule has 0 aromatic heterocycles. The molecule has 0 aliphatic carbocycles. The minimum absolute atomic E-state index is 0.165. The summed E-state index contributed by atoms with van der Waals surface area (Å²) in [6, 6.07) is 0. The van der Waals surface area contributed by atoms with Gasteiger partial charge in [0.1, 0.15) is 6.23 Å². The van der Waals surface area contributed by atoms with Crippen LogP contribution in [-0.2, 0) is 15.2 Å². The first-order valence-corrected chi connectivity index (χ1v) is 6.11. The molecule has 6 nitrogen and oxygen atoms in total. The van der Waals surface area contributed by atoms with Crippen molar-refractivity contribution in [3.05, 3.63) is 0 Å². The van der Waals surface area contributed by atoms with Crippen LogP contribution >= 0.6 is 0 Å². The van der Waals surface area contributed by atoms with Gasteiger partial charge in [0, 0.05) is 32.7 Å². The van der Waals surface area contributed by atoms with Crippen LogP contribution in [-0.4, -0.2) is 68.9 Å². The van der Waals surface area contributed by atoms with E-state index in [9.17, 15) is 8.42 Å². The highest BCUT2D eigenvalue weighted by atomic mass is 32.2. The molecule has 1 unspecified atom stereocenters. The highest BCUT2D eigenvalue weighted by Gasteiger charge is 2.21. The molecular weight excluding hydrogens is 220 g/mol. The largest absolute Gasteiger partial charge is 0.395 e. The van der Waals surface area contributed by atoms with Crippen LogP contribution in [0.5, 0.6) is 0 Å². The third-order valence-corrected chi connectivity index (χ3v) is 3.05. The lowest BCUT2D eigenvalue weighted by atomic mass is 10.3. The number of thiol groups is 1. The van der Waals surface area contributed by atoms with E-state index in [1.807, 2.05) is 4.90 Å². The zero-order valence-corrected chi connectivity index (χ0v) is 9.73. The maximum Gasteiger partial charge on any atom is 0.258 e. The van der Waals surface area contributed by atoms with Gasteiger partial charge in [-0.05, 0) is 6.92 Å². The first kappa shape index (κ1) is 12.9. The Labute approximate surface area is 91.6 Å². The SMILES string of the molecule is CC(O[SH](=O)=O)N1CCN(CCO)CC1. The summed E-state index contributed by atoms with van der Waals surface area (Å²) in [6.07, 6.45) is -0.387. The summed E-state index contributed by atoms with van der Waals surface area (Å²) in [6.45, 7) is 5.78. The minimum atomic E-state index is -2.78. The molecule has 0 saturated carbocycles. The van der Waals surface area contributed by atoms with E-state index < -0.39 is 11.0 Å². The zero-order chi connectivity index (χ0) is 11.3. The van der Waals surface area contributed by atoms with Crippen LogP contribution in [0.25, 0.3) is 0 Å². The van der Waals surface area contributed by atoms with Crippen molar-refractivity contribution in [2.45, 2.75) is 13.2 Å². The second-order valence-corrected chi connectivity index (χ2v) is 4.19. The van der Waals surface area contributed by atoms with Crippen molar-refractivity contribution in [2.75, 3.05) is 39.3 Å². The average Bonchev–Trinajstić information content (AvgIpc) is 2.18. The number of aliphatic hydroxyl groups excluding tert-OH is 1. The molecular formula is C8H18N2O4S. The molecule has 0 aromatic carbocycles. The number of aliphatic hydroxyl groups is 1. The fourth-order valence-corrected chi connectivity index (χ4v) is 2.07. The van der Waals surface area contributed by atoms with Crippen LogP contribution in [0.3, 0.4) is 0 Å². The van der Waals surface area contributed by atoms with Crippen LogP contribution < -0.4 is 0 Å². The van der Waals surface area contributed by atoms with E-state index >= 15 is 0 Å². The third-order valence-electron chi connectivity index (χ3n) is 2.58. The van der Waals surface area contributed by atoms with Crippen molar-refractivity contribution < 1.29 is 17.7 Å². The van der Waals surface area contributed by atoms with Crippen molar-refractivity contribution in [1.82, 2.24) is 9.80 Å². The summed E-state index contributed by atoms with van der Waals surface area (Å²) >= 11 is 0. The van der Waals surface area contributed by atoms with E-state index in [0.29, 0.717) is 6.54 Å². The van der Waals surface area contributed by atoms with Gasteiger partial charge in [-0.25, -0.2) is 8.42 Å². The molecule has 7 heteroatoms. The molecule has 0 radical (unpaired) electrons. The lowest BCUT2D eigenvalue weighted by Crippen LogP contribution is -2.50. The highest BCUT2D eigenvalue weighted by molar-refractivity contribution is 7.67. The number of hydrogen-bond donors (Lipinski definition) is 2. The monoisotopic (exact) mass is 238 g/mol. The standard InChI is InChI=1S/C8H18N2O4S/c1-8(14-15(12)13)10-4-2-9(3-5-10)6-7-11/h8,11,15H,2-7H2,1H3. The van der Waals surface area contributed by atoms with Crippen molar-refractivity contribution >= 4 is 11.0 Å². The zero-order valence-electron chi connectivity index (χ0n) is 8.83. The van der Waals surface area contributed by atoms with Crippen molar-refractivity contribution in [3.8, 4) is 0 Å². The Kier molecular flexibility index (Phi) is 5.48. The Morgan fingerprint density at radius 3 is 2.40 bits per heavy atom. The van der Waals surface area contributed by atoms with E-state index in [2.05, 4.69) is 4.90 Å². The van der Waals surface area contributed by atoms with Crippen LogP contribution in [0, 0.1) is 0 Å². The van der Waals surface area contributed by atoms with Gasteiger partial charge in [-0.1, -0.05) is 0 Å². The van der Waals surface area contributed by atoms with E-state index in [-0.39, 0.29) is 12.8 Å². The van der Waals surface area contributed by atoms with Gasteiger partial charge >= 0.3 is 0 Å². The summed E-state index contributed by atoms with van der Waals surface area (Å²) in [7, 11) is -2.78. The predicted octanol–water partition coefficient (Wildman–Crippen LogP) is -1.51. The fourth-order valence-electron chi connectivity index (χ4n) is 1.68. The van der Waals surface area contributed by atoms with Gasteiger partial charge in [0.25, 0.3) is 11.0 Å². The molecule has 1 aliphatic heterocycles. The van der Waals surface area contributed by atoms with E-state index in [0.717, 1.165) is 26.2 Å². The number of piperazine rings is 1. The normalized spacial score (nSPS) is 22.1. The second kappa shape index (κ2) is 6.39. The molecule has 0 bridgehead atoms. The van der Waals surface area contributed by atoms with Crippen LogP contribution in [0.2, 0.25) is 0 Å². The molecule has 1 atom stereocenters.